The Labute approximate surface area is 178 Å². The molecule has 0 spiro atoms. The summed E-state index contributed by atoms with van der Waals surface area (Å²) in [7, 11) is 0. The van der Waals surface area contributed by atoms with E-state index in [9.17, 15) is 9.90 Å². The molecule has 0 aliphatic carbocycles. The number of hydrogen-bond donors (Lipinski definition) is 1. The van der Waals surface area contributed by atoms with Crippen LogP contribution in [0.5, 0.6) is 0 Å². The number of rotatable bonds is 9. The number of carbonyl (C=O) groups excluding carboxylic acids is 1. The topological polar surface area (TPSA) is 55.8 Å². The predicted molar refractivity (Wildman–Crippen MR) is 119 cm³/mol. The lowest BCUT2D eigenvalue weighted by molar-refractivity contribution is -0.164. The van der Waals surface area contributed by atoms with E-state index in [1.165, 1.54) is 0 Å². The number of benzene rings is 3. The number of ether oxygens (including phenoxy) is 2. The van der Waals surface area contributed by atoms with Gasteiger partial charge in [0.05, 0.1) is 31.3 Å². The molecule has 0 fully saturated rings. The van der Waals surface area contributed by atoms with Crippen molar-refractivity contribution in [2.75, 3.05) is 19.8 Å². The van der Waals surface area contributed by atoms with E-state index in [4.69, 9.17) is 9.47 Å². The van der Waals surface area contributed by atoms with Crippen LogP contribution in [0.4, 0.5) is 0 Å². The zero-order valence-corrected chi connectivity index (χ0v) is 17.9. The maximum atomic E-state index is 12.8. The molecule has 3 aromatic rings. The second-order valence-corrected chi connectivity index (χ2v) is 8.01. The Morgan fingerprint density at radius 1 is 0.967 bits per heavy atom. The average molecular weight is 407 g/mol. The molecule has 4 heteroatoms. The van der Waals surface area contributed by atoms with E-state index in [2.05, 4.69) is 0 Å². The zero-order chi connectivity index (χ0) is 21.6. The lowest BCUT2D eigenvalue weighted by Gasteiger charge is -2.34. The van der Waals surface area contributed by atoms with Crippen molar-refractivity contribution in [2.45, 2.75) is 32.8 Å². The number of carbonyl (C=O) groups is 1. The van der Waals surface area contributed by atoms with Gasteiger partial charge < -0.3 is 14.6 Å². The second kappa shape index (κ2) is 9.88. The molecule has 0 bridgehead atoms. The quantitative estimate of drug-likeness (QED) is 0.492. The molecular weight excluding hydrogens is 376 g/mol. The van der Waals surface area contributed by atoms with Crippen molar-refractivity contribution in [1.29, 1.82) is 0 Å². The first kappa shape index (κ1) is 22.0. The SMILES string of the molecule is CCOC(=O)C(C)(C)C(OCC(CO)c1ccccc1)c1cccc2ccccc12. The maximum absolute atomic E-state index is 12.8. The smallest absolute Gasteiger partial charge is 0.314 e. The van der Waals surface area contributed by atoms with Crippen molar-refractivity contribution in [3.05, 3.63) is 83.9 Å². The molecular formula is C26H30O4. The molecule has 0 aliphatic heterocycles. The third kappa shape index (κ3) is 4.72. The van der Waals surface area contributed by atoms with Gasteiger partial charge in [0.15, 0.2) is 0 Å². The fraction of sp³-hybridized carbons (Fsp3) is 0.346. The Morgan fingerprint density at radius 3 is 2.33 bits per heavy atom. The van der Waals surface area contributed by atoms with Gasteiger partial charge in [0, 0.05) is 5.92 Å². The van der Waals surface area contributed by atoms with Gasteiger partial charge in [-0.25, -0.2) is 0 Å². The maximum Gasteiger partial charge on any atom is 0.314 e. The van der Waals surface area contributed by atoms with Crippen molar-refractivity contribution >= 4 is 16.7 Å². The van der Waals surface area contributed by atoms with Crippen molar-refractivity contribution in [1.82, 2.24) is 0 Å². The molecule has 30 heavy (non-hydrogen) atoms. The molecule has 158 valence electrons. The van der Waals surface area contributed by atoms with Crippen LogP contribution in [0.2, 0.25) is 0 Å². The highest BCUT2D eigenvalue weighted by Gasteiger charge is 2.41. The molecule has 0 saturated heterocycles. The Balaban J connectivity index is 1.98. The van der Waals surface area contributed by atoms with Gasteiger partial charge in [0.2, 0.25) is 0 Å². The molecule has 0 saturated carbocycles. The van der Waals surface area contributed by atoms with Crippen molar-refractivity contribution in [3.63, 3.8) is 0 Å². The van der Waals surface area contributed by atoms with E-state index in [0.717, 1.165) is 21.9 Å². The zero-order valence-electron chi connectivity index (χ0n) is 17.9. The normalized spacial score (nSPS) is 13.7. The molecule has 0 aromatic heterocycles. The first-order chi connectivity index (χ1) is 14.5. The molecule has 0 aliphatic rings. The third-order valence-corrected chi connectivity index (χ3v) is 5.52. The van der Waals surface area contributed by atoms with Crippen LogP contribution in [0.3, 0.4) is 0 Å². The Morgan fingerprint density at radius 2 is 1.63 bits per heavy atom. The summed E-state index contributed by atoms with van der Waals surface area (Å²) in [6, 6.07) is 23.9. The van der Waals surface area contributed by atoms with Crippen LogP contribution in [0.15, 0.2) is 72.8 Å². The van der Waals surface area contributed by atoms with E-state index >= 15 is 0 Å². The summed E-state index contributed by atoms with van der Waals surface area (Å²) in [5.41, 5.74) is 1.04. The summed E-state index contributed by atoms with van der Waals surface area (Å²) in [5, 5.41) is 12.1. The molecule has 2 atom stereocenters. The van der Waals surface area contributed by atoms with E-state index in [1.54, 1.807) is 6.92 Å². The first-order valence-corrected chi connectivity index (χ1v) is 10.4. The minimum atomic E-state index is -0.906. The second-order valence-electron chi connectivity index (χ2n) is 8.01. The highest BCUT2D eigenvalue weighted by Crippen LogP contribution is 2.41. The van der Waals surface area contributed by atoms with Crippen LogP contribution in [-0.2, 0) is 14.3 Å². The summed E-state index contributed by atoms with van der Waals surface area (Å²) in [4.78, 5) is 12.8. The number of aliphatic hydroxyl groups is 1. The summed E-state index contributed by atoms with van der Waals surface area (Å²) in [5.74, 6) is -0.482. The summed E-state index contributed by atoms with van der Waals surface area (Å²) in [6.07, 6.45) is -0.527. The van der Waals surface area contributed by atoms with Crippen LogP contribution in [0.1, 0.15) is 43.9 Å². The summed E-state index contributed by atoms with van der Waals surface area (Å²) < 4.78 is 11.8. The number of aliphatic hydroxyl groups excluding tert-OH is 1. The Hall–Kier alpha value is -2.69. The molecule has 1 N–H and O–H groups in total. The van der Waals surface area contributed by atoms with Gasteiger partial charge in [0.25, 0.3) is 0 Å². The van der Waals surface area contributed by atoms with Crippen LogP contribution < -0.4 is 0 Å². The largest absolute Gasteiger partial charge is 0.465 e. The molecule has 2 unspecified atom stereocenters. The minimum absolute atomic E-state index is 0.0356. The number of fused-ring (bicyclic) bond motifs is 1. The monoisotopic (exact) mass is 406 g/mol. The highest BCUT2D eigenvalue weighted by atomic mass is 16.5. The van der Waals surface area contributed by atoms with Crippen LogP contribution >= 0.6 is 0 Å². The fourth-order valence-electron chi connectivity index (χ4n) is 3.78. The fourth-order valence-corrected chi connectivity index (χ4v) is 3.78. The van der Waals surface area contributed by atoms with Crippen LogP contribution in [-0.4, -0.2) is 30.9 Å². The van der Waals surface area contributed by atoms with Gasteiger partial charge in [-0.15, -0.1) is 0 Å². The Bertz CT molecular complexity index is 960. The lowest BCUT2D eigenvalue weighted by Crippen LogP contribution is -2.35. The highest BCUT2D eigenvalue weighted by molar-refractivity contribution is 5.87. The lowest BCUT2D eigenvalue weighted by atomic mass is 9.80. The minimum Gasteiger partial charge on any atom is -0.465 e. The van der Waals surface area contributed by atoms with Gasteiger partial charge in [-0.05, 0) is 42.7 Å². The molecule has 3 rings (SSSR count). The number of esters is 1. The third-order valence-electron chi connectivity index (χ3n) is 5.52. The summed E-state index contributed by atoms with van der Waals surface area (Å²) >= 11 is 0. The standard InChI is InChI=1S/C26H30O4/c1-4-29-25(28)26(2,3)24(23-16-10-14-20-13-8-9-15-22(20)23)30-18-21(17-27)19-11-6-5-7-12-19/h5-16,21,24,27H,4,17-18H2,1-3H3. The molecule has 0 heterocycles. The Kier molecular flexibility index (Phi) is 7.24. The summed E-state index contributed by atoms with van der Waals surface area (Å²) in [6.45, 7) is 6.08. The van der Waals surface area contributed by atoms with Gasteiger partial charge in [-0.1, -0.05) is 72.8 Å². The first-order valence-electron chi connectivity index (χ1n) is 10.4. The predicted octanol–water partition coefficient (Wildman–Crippen LogP) is 5.26. The van der Waals surface area contributed by atoms with Gasteiger partial charge in [-0.3, -0.25) is 4.79 Å². The van der Waals surface area contributed by atoms with Crippen molar-refractivity contribution in [3.8, 4) is 0 Å². The number of hydrogen-bond acceptors (Lipinski definition) is 4. The van der Waals surface area contributed by atoms with Gasteiger partial charge in [0.1, 0.15) is 0 Å². The van der Waals surface area contributed by atoms with Gasteiger partial charge in [-0.2, -0.15) is 0 Å². The van der Waals surface area contributed by atoms with E-state index in [0.29, 0.717) is 6.61 Å². The van der Waals surface area contributed by atoms with E-state index in [-0.39, 0.29) is 25.1 Å². The average Bonchev–Trinajstić information content (AvgIpc) is 2.77. The molecule has 4 nitrogen and oxygen atoms in total. The van der Waals surface area contributed by atoms with Crippen molar-refractivity contribution < 1.29 is 19.4 Å². The van der Waals surface area contributed by atoms with E-state index in [1.807, 2.05) is 86.6 Å². The molecule has 0 radical (unpaired) electrons. The van der Waals surface area contributed by atoms with Gasteiger partial charge >= 0.3 is 5.97 Å². The molecule has 0 amide bonds. The van der Waals surface area contributed by atoms with Crippen molar-refractivity contribution in [2.24, 2.45) is 5.41 Å². The van der Waals surface area contributed by atoms with Crippen LogP contribution in [0, 0.1) is 5.41 Å². The van der Waals surface area contributed by atoms with E-state index < -0.39 is 11.5 Å². The molecule has 3 aromatic carbocycles. The van der Waals surface area contributed by atoms with Crippen LogP contribution in [0.25, 0.3) is 10.8 Å².